The minimum absolute atomic E-state index is 0.0314. The second kappa shape index (κ2) is 11.5. The SMILES string of the molecule is CCC(Oc1cccc(CCCn2cc(-c3ccccc3-c3cccc(C)c3)ccc2=O)c1)C(=O)O. The van der Waals surface area contributed by atoms with E-state index in [1.54, 1.807) is 23.6 Å². The summed E-state index contributed by atoms with van der Waals surface area (Å²) in [6, 6.07) is 27.7. The number of hydrogen-bond donors (Lipinski definition) is 1. The van der Waals surface area contributed by atoms with Crippen LogP contribution < -0.4 is 10.3 Å². The first-order valence-electron chi connectivity index (χ1n) is 12.3. The largest absolute Gasteiger partial charge is 0.479 e. The highest BCUT2D eigenvalue weighted by Gasteiger charge is 2.16. The lowest BCUT2D eigenvalue weighted by Crippen LogP contribution is -2.25. The molecule has 0 amide bonds. The maximum atomic E-state index is 12.6. The van der Waals surface area contributed by atoms with Crippen molar-refractivity contribution in [2.24, 2.45) is 0 Å². The zero-order chi connectivity index (χ0) is 25.5. The van der Waals surface area contributed by atoms with Crippen LogP contribution in [0, 0.1) is 6.92 Å². The van der Waals surface area contributed by atoms with Crippen molar-refractivity contribution in [2.45, 2.75) is 45.8 Å². The zero-order valence-electron chi connectivity index (χ0n) is 20.7. The van der Waals surface area contributed by atoms with Gasteiger partial charge in [0.2, 0.25) is 0 Å². The van der Waals surface area contributed by atoms with Gasteiger partial charge < -0.3 is 14.4 Å². The Labute approximate surface area is 211 Å². The summed E-state index contributed by atoms with van der Waals surface area (Å²) in [6.07, 6.45) is 2.99. The predicted octanol–water partition coefficient (Wildman–Crippen LogP) is 6.37. The van der Waals surface area contributed by atoms with Crippen molar-refractivity contribution >= 4 is 5.97 Å². The number of benzene rings is 3. The van der Waals surface area contributed by atoms with Crippen molar-refractivity contribution in [2.75, 3.05) is 0 Å². The maximum absolute atomic E-state index is 12.6. The van der Waals surface area contributed by atoms with Crippen molar-refractivity contribution < 1.29 is 14.6 Å². The molecule has 0 spiro atoms. The number of aliphatic carboxylic acids is 1. The van der Waals surface area contributed by atoms with E-state index in [4.69, 9.17) is 4.74 Å². The molecular weight excluding hydrogens is 450 g/mol. The highest BCUT2D eigenvalue weighted by Crippen LogP contribution is 2.32. The summed E-state index contributed by atoms with van der Waals surface area (Å²) in [5, 5.41) is 9.24. The Kier molecular flexibility index (Phi) is 8.01. The van der Waals surface area contributed by atoms with E-state index in [-0.39, 0.29) is 5.56 Å². The summed E-state index contributed by atoms with van der Waals surface area (Å²) < 4.78 is 7.38. The Hall–Kier alpha value is -4.12. The standard InChI is InChI=1S/C31H31NO4/c1-3-29(31(34)35)36-26-13-7-10-23(20-26)11-8-18-32-21-25(16-17-30(32)33)28-15-5-4-14-27(28)24-12-6-9-22(2)19-24/h4-7,9-10,12-17,19-21,29H,3,8,11,18H2,1-2H3,(H,34,35). The molecule has 1 heterocycles. The Morgan fingerprint density at radius 2 is 1.67 bits per heavy atom. The molecule has 5 heteroatoms. The van der Waals surface area contributed by atoms with Gasteiger partial charge in [-0.25, -0.2) is 4.79 Å². The molecule has 1 aromatic heterocycles. The van der Waals surface area contributed by atoms with Crippen LogP contribution in [0.4, 0.5) is 0 Å². The molecule has 184 valence electrons. The number of aryl methyl sites for hydroxylation is 3. The van der Waals surface area contributed by atoms with E-state index in [0.717, 1.165) is 40.7 Å². The first kappa shape index (κ1) is 25.0. The molecule has 1 N–H and O–H groups in total. The second-order valence-corrected chi connectivity index (χ2v) is 8.97. The molecule has 0 saturated carbocycles. The third kappa shape index (κ3) is 6.11. The molecular formula is C31H31NO4. The molecule has 0 radical (unpaired) electrons. The van der Waals surface area contributed by atoms with Crippen molar-refractivity contribution in [3.63, 3.8) is 0 Å². The number of carboxylic acids is 1. The van der Waals surface area contributed by atoms with Gasteiger partial charge in [0.15, 0.2) is 6.10 Å². The molecule has 3 aromatic carbocycles. The van der Waals surface area contributed by atoms with Gasteiger partial charge in [0.1, 0.15) is 5.75 Å². The van der Waals surface area contributed by atoms with Crippen molar-refractivity contribution in [1.29, 1.82) is 0 Å². The predicted molar refractivity (Wildman–Crippen MR) is 143 cm³/mol. The smallest absolute Gasteiger partial charge is 0.344 e. The molecule has 0 aliphatic heterocycles. The third-order valence-electron chi connectivity index (χ3n) is 6.24. The average molecular weight is 482 g/mol. The minimum Gasteiger partial charge on any atom is -0.479 e. The van der Waals surface area contributed by atoms with Crippen LogP contribution in [0.3, 0.4) is 0 Å². The summed E-state index contributed by atoms with van der Waals surface area (Å²) in [7, 11) is 0. The van der Waals surface area contributed by atoms with Gasteiger partial charge in [0.25, 0.3) is 5.56 Å². The number of hydrogen-bond acceptors (Lipinski definition) is 3. The van der Waals surface area contributed by atoms with E-state index in [2.05, 4.69) is 43.3 Å². The van der Waals surface area contributed by atoms with Gasteiger partial charge in [0, 0.05) is 18.8 Å². The number of ether oxygens (including phenoxy) is 1. The van der Waals surface area contributed by atoms with Gasteiger partial charge in [0.05, 0.1) is 0 Å². The van der Waals surface area contributed by atoms with Gasteiger partial charge in [-0.05, 0) is 72.2 Å². The Bertz CT molecular complexity index is 1410. The molecule has 0 aliphatic rings. The van der Waals surface area contributed by atoms with Gasteiger partial charge in [-0.2, -0.15) is 0 Å². The van der Waals surface area contributed by atoms with Crippen LogP contribution >= 0.6 is 0 Å². The number of carbonyl (C=O) groups is 1. The van der Waals surface area contributed by atoms with Crippen LogP contribution in [-0.2, 0) is 17.8 Å². The zero-order valence-corrected chi connectivity index (χ0v) is 20.7. The van der Waals surface area contributed by atoms with E-state index in [1.165, 1.54) is 5.56 Å². The lowest BCUT2D eigenvalue weighted by atomic mass is 9.94. The molecule has 0 saturated heterocycles. The lowest BCUT2D eigenvalue weighted by Gasteiger charge is -2.14. The Morgan fingerprint density at radius 1 is 0.917 bits per heavy atom. The van der Waals surface area contributed by atoms with Gasteiger partial charge in [-0.3, -0.25) is 4.79 Å². The van der Waals surface area contributed by atoms with E-state index in [1.807, 2.05) is 42.6 Å². The number of carboxylic acid groups (broad SMARTS) is 1. The van der Waals surface area contributed by atoms with Crippen LogP contribution in [0.15, 0.2) is 95.9 Å². The molecule has 4 aromatic rings. The number of nitrogens with zero attached hydrogens (tertiary/aromatic N) is 1. The van der Waals surface area contributed by atoms with E-state index >= 15 is 0 Å². The number of aromatic nitrogens is 1. The normalized spacial score (nSPS) is 11.7. The fourth-order valence-corrected chi connectivity index (χ4v) is 4.37. The van der Waals surface area contributed by atoms with Crippen molar-refractivity contribution in [3.05, 3.63) is 113 Å². The average Bonchev–Trinajstić information content (AvgIpc) is 2.88. The Morgan fingerprint density at radius 3 is 2.39 bits per heavy atom. The maximum Gasteiger partial charge on any atom is 0.344 e. The van der Waals surface area contributed by atoms with Crippen LogP contribution in [-0.4, -0.2) is 21.7 Å². The highest BCUT2D eigenvalue weighted by molar-refractivity contribution is 5.83. The molecule has 0 fully saturated rings. The lowest BCUT2D eigenvalue weighted by molar-refractivity contribution is -0.145. The van der Waals surface area contributed by atoms with Gasteiger partial charge in [-0.1, -0.05) is 73.2 Å². The first-order chi connectivity index (χ1) is 17.4. The molecule has 1 atom stereocenters. The number of pyridine rings is 1. The van der Waals surface area contributed by atoms with Gasteiger partial charge >= 0.3 is 5.97 Å². The first-order valence-corrected chi connectivity index (χ1v) is 12.3. The molecule has 4 rings (SSSR count). The fraction of sp³-hybridized carbons (Fsp3) is 0.226. The number of rotatable bonds is 10. The minimum atomic E-state index is -0.967. The fourth-order valence-electron chi connectivity index (χ4n) is 4.37. The monoisotopic (exact) mass is 481 g/mol. The van der Waals surface area contributed by atoms with E-state index in [0.29, 0.717) is 18.7 Å². The van der Waals surface area contributed by atoms with Gasteiger partial charge in [-0.15, -0.1) is 0 Å². The Balaban J connectivity index is 1.49. The van der Waals surface area contributed by atoms with E-state index in [9.17, 15) is 14.7 Å². The molecule has 1 unspecified atom stereocenters. The molecule has 5 nitrogen and oxygen atoms in total. The van der Waals surface area contributed by atoms with Crippen LogP contribution in [0.5, 0.6) is 5.75 Å². The summed E-state index contributed by atoms with van der Waals surface area (Å²) in [5.41, 5.74) is 6.59. The summed E-state index contributed by atoms with van der Waals surface area (Å²) in [5.74, 6) is -0.417. The molecule has 0 aliphatic carbocycles. The van der Waals surface area contributed by atoms with Crippen molar-refractivity contribution in [1.82, 2.24) is 4.57 Å². The van der Waals surface area contributed by atoms with Crippen molar-refractivity contribution in [3.8, 4) is 28.0 Å². The quantitative estimate of drug-likeness (QED) is 0.286. The van der Waals surface area contributed by atoms with Crippen LogP contribution in [0.2, 0.25) is 0 Å². The highest BCUT2D eigenvalue weighted by atomic mass is 16.5. The topological polar surface area (TPSA) is 68.5 Å². The van der Waals surface area contributed by atoms with Crippen LogP contribution in [0.25, 0.3) is 22.3 Å². The molecule has 0 bridgehead atoms. The summed E-state index contributed by atoms with van der Waals surface area (Å²) >= 11 is 0. The molecule has 36 heavy (non-hydrogen) atoms. The summed E-state index contributed by atoms with van der Waals surface area (Å²) in [4.78, 5) is 23.9. The summed E-state index contributed by atoms with van der Waals surface area (Å²) in [6.45, 7) is 4.45. The second-order valence-electron chi connectivity index (χ2n) is 8.97. The van der Waals surface area contributed by atoms with Crippen LogP contribution in [0.1, 0.15) is 30.9 Å². The third-order valence-corrected chi connectivity index (χ3v) is 6.24. The van der Waals surface area contributed by atoms with E-state index < -0.39 is 12.1 Å².